The van der Waals surface area contributed by atoms with Crippen molar-refractivity contribution in [3.63, 3.8) is 0 Å². The monoisotopic (exact) mass is 799 g/mol. The summed E-state index contributed by atoms with van der Waals surface area (Å²) in [6.45, 7) is 5.34. The van der Waals surface area contributed by atoms with Crippen molar-refractivity contribution < 1.29 is 43.2 Å². The van der Waals surface area contributed by atoms with Crippen molar-refractivity contribution in [1.82, 2.24) is 20.4 Å². The Kier molecular flexibility index (Phi) is 23.5. The molecule has 0 aliphatic carbocycles. The number of likely N-dealkylation sites (tertiary alicyclic amines) is 1. The van der Waals surface area contributed by atoms with Gasteiger partial charge in [-0.1, -0.05) is 122 Å². The Morgan fingerprint density at radius 2 is 1.46 bits per heavy atom. The van der Waals surface area contributed by atoms with Gasteiger partial charge in [-0.15, -0.1) is 0 Å². The van der Waals surface area contributed by atoms with Gasteiger partial charge < -0.3 is 34.6 Å². The maximum Gasteiger partial charge on any atom is 0.438 e. The van der Waals surface area contributed by atoms with Crippen molar-refractivity contribution in [3.05, 3.63) is 53.8 Å². The lowest BCUT2D eigenvalue weighted by molar-refractivity contribution is -0.289. The molecule has 0 spiro atoms. The zero-order valence-corrected chi connectivity index (χ0v) is 35.1. The van der Waals surface area contributed by atoms with Gasteiger partial charge in [0.1, 0.15) is 18.5 Å². The molecule has 1 fully saturated rings. The van der Waals surface area contributed by atoms with Crippen molar-refractivity contribution in [2.45, 2.75) is 148 Å². The summed E-state index contributed by atoms with van der Waals surface area (Å²) in [7, 11) is 2.88. The lowest BCUT2D eigenvalue weighted by atomic mass is 10.0. The molecule has 1 aromatic carbocycles. The molecule has 0 radical (unpaired) electrons. The number of hydrogen-bond acceptors (Lipinski definition) is 9. The second kappa shape index (κ2) is 28.3. The predicted molar refractivity (Wildman–Crippen MR) is 221 cm³/mol. The summed E-state index contributed by atoms with van der Waals surface area (Å²) in [4.78, 5) is 67.0. The van der Waals surface area contributed by atoms with Crippen LogP contribution in [0.2, 0.25) is 0 Å². The minimum atomic E-state index is -1.37. The van der Waals surface area contributed by atoms with Crippen LogP contribution < -0.4 is 15.4 Å². The third kappa shape index (κ3) is 17.5. The molecule has 0 saturated carbocycles. The summed E-state index contributed by atoms with van der Waals surface area (Å²) in [5.74, 6) is -0.241. The number of hydrogen-bond donors (Lipinski definition) is 2. The number of nitrogens with zero attached hydrogens (tertiary/aromatic N) is 2. The van der Waals surface area contributed by atoms with Crippen LogP contribution in [0.4, 0.5) is 9.59 Å². The summed E-state index contributed by atoms with van der Waals surface area (Å²) >= 11 is 0. The van der Waals surface area contributed by atoms with E-state index in [4.69, 9.17) is 24.0 Å². The average Bonchev–Trinajstić information content (AvgIpc) is 3.24. The van der Waals surface area contributed by atoms with Crippen molar-refractivity contribution in [1.29, 1.82) is 0 Å². The van der Waals surface area contributed by atoms with E-state index in [1.807, 2.05) is 12.2 Å². The Bertz CT molecular complexity index is 1400. The summed E-state index contributed by atoms with van der Waals surface area (Å²) < 4.78 is 16.5. The molecule has 2 heterocycles. The molecule has 57 heavy (non-hydrogen) atoms. The van der Waals surface area contributed by atoms with Gasteiger partial charge in [-0.2, -0.15) is 4.89 Å². The summed E-state index contributed by atoms with van der Waals surface area (Å²) in [5.41, 5.74) is 0.947. The molecule has 2 aliphatic rings. The molecule has 0 bridgehead atoms. The molecule has 3 rings (SSSR count). The summed E-state index contributed by atoms with van der Waals surface area (Å²) in [6, 6.07) is 6.87. The van der Waals surface area contributed by atoms with E-state index in [-0.39, 0.29) is 25.1 Å². The second-order valence-electron chi connectivity index (χ2n) is 15.0. The van der Waals surface area contributed by atoms with E-state index in [1.165, 1.54) is 78.4 Å². The van der Waals surface area contributed by atoms with E-state index in [0.717, 1.165) is 51.4 Å². The number of methoxy groups -OCH3 is 2. The Balaban J connectivity index is 1.49. The van der Waals surface area contributed by atoms with Gasteiger partial charge in [0.05, 0.1) is 19.2 Å². The molecule has 4 amide bonds. The Morgan fingerprint density at radius 3 is 2.11 bits per heavy atom. The highest BCUT2D eigenvalue weighted by Crippen LogP contribution is 2.23. The van der Waals surface area contributed by atoms with Gasteiger partial charge in [-0.3, -0.25) is 14.5 Å². The number of ether oxygens (including phenoxy) is 3. The maximum atomic E-state index is 13.7. The first-order valence-electron chi connectivity index (χ1n) is 21.5. The number of unbranched alkanes of at least 4 members (excludes halogenated alkanes) is 11. The molecular formula is C44H70N4O9. The van der Waals surface area contributed by atoms with Crippen LogP contribution in [0, 0.1) is 0 Å². The van der Waals surface area contributed by atoms with Crippen LogP contribution in [-0.2, 0) is 24.0 Å². The number of nitrogens with one attached hydrogen (secondary N) is 2. The number of alkyl carbamates (subject to hydrolysis) is 1. The van der Waals surface area contributed by atoms with Gasteiger partial charge in [0.25, 0.3) is 11.8 Å². The third-order valence-corrected chi connectivity index (χ3v) is 10.6. The first kappa shape index (κ1) is 47.3. The molecule has 0 aromatic heterocycles. The Labute approximate surface area is 341 Å². The van der Waals surface area contributed by atoms with Crippen LogP contribution in [-0.4, -0.2) is 99.1 Å². The number of rotatable bonds is 27. The van der Waals surface area contributed by atoms with Crippen molar-refractivity contribution in [3.8, 4) is 5.75 Å². The average molecular weight is 799 g/mol. The third-order valence-electron chi connectivity index (χ3n) is 10.6. The normalized spacial score (nSPS) is 15.6. The number of carbonyl (C=O) groups is 4. The minimum absolute atomic E-state index is 0.00416. The highest BCUT2D eigenvalue weighted by atomic mass is 17.2. The number of carbonyl (C=O) groups excluding carboxylic acids is 4. The molecule has 2 N–H and O–H groups in total. The Hall–Kier alpha value is -4.10. The van der Waals surface area contributed by atoms with Gasteiger partial charge >= 0.3 is 12.2 Å². The van der Waals surface area contributed by atoms with Gasteiger partial charge in [0.2, 0.25) is 6.10 Å². The largest absolute Gasteiger partial charge is 0.496 e. The Morgan fingerprint density at radius 1 is 0.789 bits per heavy atom. The highest BCUT2D eigenvalue weighted by Gasteiger charge is 2.37. The number of amides is 4. The van der Waals surface area contributed by atoms with Gasteiger partial charge in [0.15, 0.2) is 0 Å². The van der Waals surface area contributed by atoms with Crippen LogP contribution in [0.25, 0.3) is 0 Å². The van der Waals surface area contributed by atoms with E-state index in [1.54, 1.807) is 40.1 Å². The van der Waals surface area contributed by atoms with E-state index in [0.29, 0.717) is 36.6 Å². The van der Waals surface area contributed by atoms with E-state index in [2.05, 4.69) is 24.5 Å². The quantitative estimate of drug-likeness (QED) is 0.0508. The molecule has 3 atom stereocenters. The number of benzene rings is 1. The van der Waals surface area contributed by atoms with Crippen molar-refractivity contribution >= 4 is 24.0 Å². The molecule has 1 aromatic rings. The second-order valence-corrected chi connectivity index (χ2v) is 15.0. The smallest absolute Gasteiger partial charge is 0.438 e. The predicted octanol–water partition coefficient (Wildman–Crippen LogP) is 8.63. The van der Waals surface area contributed by atoms with E-state index >= 15 is 0 Å². The lowest BCUT2D eigenvalue weighted by Crippen LogP contribution is -2.51. The lowest BCUT2D eigenvalue weighted by Gasteiger charge is -2.32. The summed E-state index contributed by atoms with van der Waals surface area (Å²) in [6.07, 6.45) is 21.8. The molecule has 3 unspecified atom stereocenters. The zero-order valence-electron chi connectivity index (χ0n) is 35.1. The van der Waals surface area contributed by atoms with E-state index < -0.39 is 30.3 Å². The van der Waals surface area contributed by atoms with E-state index in [9.17, 15) is 19.2 Å². The molecule has 1 saturated heterocycles. The fraction of sp³-hybridized carbons (Fsp3) is 0.682. The maximum absolute atomic E-state index is 13.7. The zero-order chi connectivity index (χ0) is 41.1. The molecule has 320 valence electrons. The topological polar surface area (TPSA) is 145 Å². The fourth-order valence-electron chi connectivity index (χ4n) is 7.25. The van der Waals surface area contributed by atoms with Crippen LogP contribution in [0.15, 0.2) is 48.2 Å². The standard InChI is InChI=1S/C44H70N4O9/c1-5-7-8-9-10-11-12-13-14-15-16-18-26-35(25-6-2)46-44(52)57-56-40(42(50)47-30-22-17-23-31-47)39(54-4)34-55-43(51)45-33-36-27-21-24-32-48(36)41(49)37-28-19-20-29-38(37)53-3/h19-21,24,27-29,35,39-40H,5-18,22-23,25-26,30-34H2,1-4H3,(H,45,51)(H,46,52). The minimum Gasteiger partial charge on any atom is -0.496 e. The number of piperidine rings is 1. The number of para-hydroxylation sites is 1. The van der Waals surface area contributed by atoms with Crippen LogP contribution in [0.1, 0.15) is 140 Å². The van der Waals surface area contributed by atoms with Crippen LogP contribution >= 0.6 is 0 Å². The van der Waals surface area contributed by atoms with Crippen molar-refractivity contribution in [2.24, 2.45) is 0 Å². The SMILES string of the molecule is CCCCCCCCCCCCCCC(CCC)NC(=O)OOC(C(=O)N1CCCCC1)C(COC(=O)NCC1=CC=CCN1C(=O)c1ccccc1OC)OC. The van der Waals surface area contributed by atoms with Gasteiger partial charge in [0, 0.05) is 38.5 Å². The highest BCUT2D eigenvalue weighted by molar-refractivity contribution is 5.98. The van der Waals surface area contributed by atoms with Gasteiger partial charge in [-0.25, -0.2) is 9.59 Å². The summed E-state index contributed by atoms with van der Waals surface area (Å²) in [5, 5.41) is 5.60. The molecule has 13 heteroatoms. The number of allylic oxidation sites excluding steroid dienone is 2. The fourth-order valence-corrected chi connectivity index (χ4v) is 7.25. The molecule has 13 nitrogen and oxygen atoms in total. The van der Waals surface area contributed by atoms with Crippen molar-refractivity contribution in [2.75, 3.05) is 47.0 Å². The molecular weight excluding hydrogens is 729 g/mol. The first-order chi connectivity index (χ1) is 27.8. The first-order valence-corrected chi connectivity index (χ1v) is 21.5. The molecule has 2 aliphatic heterocycles. The van der Waals surface area contributed by atoms with Crippen LogP contribution in [0.3, 0.4) is 0 Å². The van der Waals surface area contributed by atoms with Gasteiger partial charge in [-0.05, 0) is 50.3 Å². The van der Waals surface area contributed by atoms with Crippen LogP contribution in [0.5, 0.6) is 5.75 Å².